The average Bonchev–Trinajstić information content (AvgIpc) is 1.58. The van der Waals surface area contributed by atoms with Crippen molar-refractivity contribution in [2.75, 3.05) is 0 Å². The Morgan fingerprint density at radius 1 is 0.466 bits per heavy atom. The van der Waals surface area contributed by atoms with Crippen molar-refractivity contribution in [1.29, 1.82) is 0 Å². The van der Waals surface area contributed by atoms with E-state index in [0.29, 0.717) is 58.8 Å². The van der Waals surface area contributed by atoms with Gasteiger partial charge in [0.2, 0.25) is 0 Å². The van der Waals surface area contributed by atoms with Gasteiger partial charge in [0.1, 0.15) is 91.5 Å². The minimum atomic E-state index is -0.761. The van der Waals surface area contributed by atoms with Crippen molar-refractivity contribution in [2.45, 2.75) is 368 Å². The Morgan fingerprint density at radius 2 is 0.872 bits per heavy atom. The Bertz CT molecular complexity index is 5660. The van der Waals surface area contributed by atoms with Gasteiger partial charge in [-0.1, -0.05) is 215 Å². The highest BCUT2D eigenvalue weighted by molar-refractivity contribution is 6.14. The van der Waals surface area contributed by atoms with Crippen LogP contribution in [0.2, 0.25) is 0 Å². The van der Waals surface area contributed by atoms with Gasteiger partial charge in [0, 0.05) is 33.4 Å². The number of fused-ring (bicyclic) bond motifs is 10. The van der Waals surface area contributed by atoms with Crippen molar-refractivity contribution in [3.63, 3.8) is 0 Å². The van der Waals surface area contributed by atoms with Crippen LogP contribution < -0.4 is 9.47 Å². The maximum Gasteiger partial charge on any atom is 0.139 e. The zero-order valence-corrected chi connectivity index (χ0v) is 85.3. The third kappa shape index (κ3) is 30.5. The predicted molar refractivity (Wildman–Crippen MR) is 561 cm³/mol. The molecule has 0 amide bonds. The van der Waals surface area contributed by atoms with Crippen molar-refractivity contribution in [2.24, 2.45) is 11.8 Å². The second kappa shape index (κ2) is 51.3. The largest absolute Gasteiger partial charge is 0.508 e. The molecule has 5 unspecified atom stereocenters. The minimum Gasteiger partial charge on any atom is -0.508 e. The lowest BCUT2D eigenvalue weighted by atomic mass is 9.65. The summed E-state index contributed by atoms with van der Waals surface area (Å²) in [5.41, 5.74) is 23.8. The summed E-state index contributed by atoms with van der Waals surface area (Å²) in [6, 6.07) is 31.4. The van der Waals surface area contributed by atoms with E-state index in [9.17, 15) is 46.0 Å². The van der Waals surface area contributed by atoms with Gasteiger partial charge in [-0.3, -0.25) is 0 Å². The summed E-state index contributed by atoms with van der Waals surface area (Å²) < 4.78 is 24.7. The molecule has 1 saturated carbocycles. The Hall–Kier alpha value is -10.5. The van der Waals surface area contributed by atoms with Gasteiger partial charge < -0.3 is 64.3 Å². The number of aliphatic hydroxyl groups is 1. The summed E-state index contributed by atoms with van der Waals surface area (Å²) in [5, 5.41) is 96.8. The molecule has 1 fully saturated rings. The first-order valence-corrected chi connectivity index (χ1v) is 50.0. The van der Waals surface area contributed by atoms with Gasteiger partial charge in [0.05, 0.1) is 21.9 Å². The first-order chi connectivity index (χ1) is 63.2. The number of benzene rings is 8. The maximum absolute atomic E-state index is 10.6. The third-order valence-electron chi connectivity index (χ3n) is 26.2. The highest BCUT2D eigenvalue weighted by Crippen LogP contribution is 2.57. The van der Waals surface area contributed by atoms with Crippen LogP contribution in [-0.4, -0.2) is 63.3 Å². The van der Waals surface area contributed by atoms with Crippen molar-refractivity contribution in [3.8, 4) is 57.5 Å². The number of rotatable bonds is 34. The molecule has 722 valence electrons. The lowest BCUT2D eigenvalue weighted by molar-refractivity contribution is -0.0432. The third-order valence-corrected chi connectivity index (χ3v) is 26.2. The predicted octanol–water partition coefficient (Wildman–Crippen LogP) is 33.4. The molecule has 1 aliphatic carbocycles. The summed E-state index contributed by atoms with van der Waals surface area (Å²) in [7, 11) is 0. The fraction of sp³-hybridized carbons (Fsp3) is 0.483. The number of aromatic hydroxyl groups is 8. The number of hydrogen-bond acceptors (Lipinski definition) is 13. The van der Waals surface area contributed by atoms with Crippen LogP contribution in [0, 0.1) is 25.7 Å². The molecule has 8 aromatic carbocycles. The molecule has 0 saturated heterocycles. The van der Waals surface area contributed by atoms with Gasteiger partial charge in [0.15, 0.2) is 0 Å². The zero-order chi connectivity index (χ0) is 97.7. The van der Waals surface area contributed by atoms with E-state index in [0.717, 1.165) is 251 Å². The molecule has 13 rings (SSSR count). The second-order valence-corrected chi connectivity index (χ2v) is 40.0. The highest BCUT2D eigenvalue weighted by atomic mass is 16.5. The van der Waals surface area contributed by atoms with Gasteiger partial charge >= 0.3 is 0 Å². The summed E-state index contributed by atoms with van der Waals surface area (Å²) >= 11 is 0. The molecule has 13 nitrogen and oxygen atoms in total. The van der Waals surface area contributed by atoms with Crippen LogP contribution in [0.15, 0.2) is 177 Å². The smallest absolute Gasteiger partial charge is 0.139 e. The Balaban J connectivity index is 0.000000197. The standard InChI is InChI=1S/C21H26O2.C21H24O2.C21H32O2.C19H28O3.C19H26O2.C19H28O2/c2*1-5-6-7-8-15-11-17(22)20-18(12-15)23-21-14(4)9-10-16(13(2)3)19(20)21;1-5-6-7-11-18-14-20(22)19(21(23)15-18)13-12-17(4)10-8-9-16(2)3;1-5-6-12-9-14(20)17-15(10-12)22-18-11(2)7-8-13(16(17)18)19(3,4)21;1-5-7-15-12-17(20)16-9-11-19(4,21-18(16)13-15)10-6-8-14(2)3;1-5-7-16-12-18(20)17(19(21)13-16)11-10-15(4)9-6-8-14(2)3/h9-13,22H,5-8H2,1-4H3;9-12,22H,2,5-8H2,1,3-4H3;9,12,14-15,22-23H,5-8,10-11,13H2,1-4H3;9-11,13,16,18,20-21H,5-8H2,1-4H3;8-9,11-13,20H,5-7,10H2,1-4H3;8,10,12-13,20-21H,5-7,9,11H2,1-4H3/b;;17-12+;;;15-10+. The topological polar surface area (TPSA) is 227 Å². The minimum absolute atomic E-state index is 0.0722. The molecule has 0 bridgehead atoms. The van der Waals surface area contributed by atoms with Crippen molar-refractivity contribution in [3.05, 3.63) is 246 Å². The fourth-order valence-electron chi connectivity index (χ4n) is 18.6. The van der Waals surface area contributed by atoms with Crippen molar-refractivity contribution < 1.29 is 64.3 Å². The van der Waals surface area contributed by atoms with E-state index in [1.54, 1.807) is 24.3 Å². The molecule has 3 aliphatic rings. The van der Waals surface area contributed by atoms with Gasteiger partial charge in [-0.05, 0) is 377 Å². The lowest BCUT2D eigenvalue weighted by Gasteiger charge is -2.42. The first-order valence-electron chi connectivity index (χ1n) is 50.0. The van der Waals surface area contributed by atoms with Crippen molar-refractivity contribution >= 4 is 55.5 Å². The van der Waals surface area contributed by atoms with E-state index in [1.165, 1.54) is 72.0 Å². The van der Waals surface area contributed by atoms with E-state index in [-0.39, 0.29) is 46.5 Å². The molecular weight excluding hydrogens is 1650 g/mol. The Kier molecular flexibility index (Phi) is 41.6. The quantitative estimate of drug-likeness (QED) is 0.0135. The number of allylic oxidation sites excluding steroid dienone is 11. The van der Waals surface area contributed by atoms with Gasteiger partial charge in [0.25, 0.3) is 0 Å². The molecule has 2 aliphatic heterocycles. The van der Waals surface area contributed by atoms with Gasteiger partial charge in [-0.15, -0.1) is 0 Å². The monoisotopic (exact) mass is 1810 g/mol. The van der Waals surface area contributed by atoms with Crippen LogP contribution in [-0.2, 0) is 51.4 Å². The number of furan rings is 2. The molecule has 10 aromatic rings. The first kappa shape index (κ1) is 108. The molecular formula is C120H164O13. The van der Waals surface area contributed by atoms with Gasteiger partial charge in [-0.25, -0.2) is 0 Å². The van der Waals surface area contributed by atoms with Crippen LogP contribution >= 0.6 is 0 Å². The second-order valence-electron chi connectivity index (χ2n) is 40.0. The number of aryl methyl sites for hydroxylation is 8. The highest BCUT2D eigenvalue weighted by Gasteiger charge is 2.51. The molecule has 13 heteroatoms. The summed E-state index contributed by atoms with van der Waals surface area (Å²) in [6.07, 6.45) is 43.6. The Morgan fingerprint density at radius 3 is 1.32 bits per heavy atom. The van der Waals surface area contributed by atoms with E-state index in [4.69, 9.17) is 18.3 Å². The Labute approximate surface area is 798 Å². The molecule has 0 spiro atoms. The number of ether oxygens (including phenoxy) is 2. The molecule has 2 aromatic heterocycles. The van der Waals surface area contributed by atoms with Crippen LogP contribution in [0.1, 0.15) is 364 Å². The molecule has 4 heterocycles. The zero-order valence-electron chi connectivity index (χ0n) is 85.3. The lowest BCUT2D eigenvalue weighted by Crippen LogP contribution is -2.45. The number of phenolic OH excluding ortho intramolecular Hbond substituents is 8. The molecule has 133 heavy (non-hydrogen) atoms. The fourth-order valence-corrected chi connectivity index (χ4v) is 18.6. The van der Waals surface area contributed by atoms with Crippen LogP contribution in [0.25, 0.3) is 55.5 Å². The van der Waals surface area contributed by atoms with Crippen LogP contribution in [0.4, 0.5) is 0 Å². The maximum atomic E-state index is 10.6. The SMILES string of the molecule is C=C(C)c1ccc(C)c2oc3cc(CCCCC)cc(O)c3c12.CCCCCc1cc(O)c(C/C=C(\C)CCC=C(C)C)c(O)c1.CCCCCc1cc(O)c2c(c1)oc1c(C)ccc(C(C)C)c12.CCCc1cc(O)c(C/C=C(\C)CCC=C(C)C)c(O)c1.CCCc1cc(O)c2c(c1)OC(C)(CCC=C(C)C)C=C2.CCCc1cc(O)c2c(c1)OC1C(C)CCC(C(C)(C)O)C21. The van der Waals surface area contributed by atoms with E-state index < -0.39 is 5.60 Å². The van der Waals surface area contributed by atoms with Crippen molar-refractivity contribution in [1.82, 2.24) is 0 Å². The molecule has 9 N–H and O–H groups in total. The summed E-state index contributed by atoms with van der Waals surface area (Å²) in [4.78, 5) is 0. The number of unbranched alkanes of at least 4 members (excludes halogenated alkanes) is 6. The van der Waals surface area contributed by atoms with Crippen LogP contribution in [0.3, 0.4) is 0 Å². The van der Waals surface area contributed by atoms with Gasteiger partial charge in [-0.2, -0.15) is 0 Å². The van der Waals surface area contributed by atoms with E-state index in [2.05, 4.69) is 217 Å². The average molecular weight is 1810 g/mol. The molecule has 0 radical (unpaired) electrons. The normalized spacial score (nSPS) is 16.0. The number of phenols is 8. The van der Waals surface area contributed by atoms with Crippen LogP contribution in [0.5, 0.6) is 57.5 Å². The molecule has 5 atom stereocenters. The summed E-state index contributed by atoms with van der Waals surface area (Å²) in [6.45, 7) is 52.4. The van der Waals surface area contributed by atoms with E-state index >= 15 is 0 Å². The summed E-state index contributed by atoms with van der Waals surface area (Å²) in [5.74, 6) is 4.84. The number of hydrogen-bond donors (Lipinski definition) is 9. The van der Waals surface area contributed by atoms with E-state index in [1.807, 2.05) is 64.1 Å².